The van der Waals surface area contributed by atoms with Gasteiger partial charge in [0.2, 0.25) is 0 Å². The van der Waals surface area contributed by atoms with Gasteiger partial charge in [0.05, 0.1) is 17.6 Å². The molecule has 0 aliphatic heterocycles. The van der Waals surface area contributed by atoms with Crippen LogP contribution < -0.4 is 15.4 Å². The first kappa shape index (κ1) is 25.0. The summed E-state index contributed by atoms with van der Waals surface area (Å²) in [7, 11) is 0. The van der Waals surface area contributed by atoms with Crippen molar-refractivity contribution in [2.45, 2.75) is 50.5 Å². The summed E-state index contributed by atoms with van der Waals surface area (Å²) in [5.41, 5.74) is 1.39. The molecule has 2 aromatic rings. The highest BCUT2D eigenvalue weighted by Gasteiger charge is 2.27. The van der Waals surface area contributed by atoms with E-state index in [-0.39, 0.29) is 36.6 Å². The van der Waals surface area contributed by atoms with Gasteiger partial charge in [-0.2, -0.15) is 0 Å². The van der Waals surface area contributed by atoms with Crippen molar-refractivity contribution < 1.29 is 28.6 Å². The summed E-state index contributed by atoms with van der Waals surface area (Å²) in [5, 5.41) is 15.0. The highest BCUT2D eigenvalue weighted by molar-refractivity contribution is 6.31. The molecular formula is C26H28ClFN2O5. The van der Waals surface area contributed by atoms with E-state index in [2.05, 4.69) is 10.6 Å². The number of carbonyl (C=O) groups excluding carboxylic acids is 2. The van der Waals surface area contributed by atoms with Crippen molar-refractivity contribution in [2.24, 2.45) is 5.92 Å². The SMILES string of the molecule is O=C(NCCNC(=O)c1ccc(OC2CCC(C(=O)O)CC2)cc1F)c1ccc(C2CC2)c(Cl)c1. The topological polar surface area (TPSA) is 105 Å². The van der Waals surface area contributed by atoms with Crippen LogP contribution >= 0.6 is 11.6 Å². The molecule has 2 amide bonds. The minimum Gasteiger partial charge on any atom is -0.490 e. The van der Waals surface area contributed by atoms with Crippen LogP contribution in [-0.2, 0) is 4.79 Å². The van der Waals surface area contributed by atoms with Crippen LogP contribution in [0.25, 0.3) is 0 Å². The average Bonchev–Trinajstić information content (AvgIpc) is 3.67. The lowest BCUT2D eigenvalue weighted by Gasteiger charge is -2.26. The van der Waals surface area contributed by atoms with Crippen LogP contribution in [-0.4, -0.2) is 42.1 Å². The van der Waals surface area contributed by atoms with E-state index in [9.17, 15) is 18.8 Å². The molecule has 2 aliphatic rings. The molecule has 0 unspecified atom stereocenters. The van der Waals surface area contributed by atoms with Crippen LogP contribution in [0.15, 0.2) is 36.4 Å². The molecule has 0 aromatic heterocycles. The number of benzene rings is 2. The Morgan fingerprint density at radius 2 is 1.63 bits per heavy atom. The number of rotatable bonds is 9. The molecule has 4 rings (SSSR count). The van der Waals surface area contributed by atoms with E-state index >= 15 is 0 Å². The third-order valence-electron chi connectivity index (χ3n) is 6.49. The lowest BCUT2D eigenvalue weighted by atomic mass is 9.87. The zero-order valence-corrected chi connectivity index (χ0v) is 19.9. The van der Waals surface area contributed by atoms with E-state index in [4.69, 9.17) is 21.4 Å². The third kappa shape index (κ3) is 6.51. The van der Waals surface area contributed by atoms with Gasteiger partial charge in [-0.15, -0.1) is 0 Å². The van der Waals surface area contributed by atoms with Gasteiger partial charge >= 0.3 is 5.97 Å². The molecule has 0 saturated heterocycles. The molecule has 0 bridgehead atoms. The van der Waals surface area contributed by atoms with Crippen molar-refractivity contribution in [3.63, 3.8) is 0 Å². The van der Waals surface area contributed by atoms with E-state index in [1.165, 1.54) is 12.1 Å². The fraction of sp³-hybridized carbons (Fsp3) is 0.423. The Balaban J connectivity index is 1.21. The van der Waals surface area contributed by atoms with Gasteiger partial charge in [-0.1, -0.05) is 17.7 Å². The number of halogens is 2. The van der Waals surface area contributed by atoms with Gasteiger partial charge in [0.15, 0.2) is 0 Å². The number of hydrogen-bond donors (Lipinski definition) is 3. The zero-order chi connectivity index (χ0) is 24.9. The van der Waals surface area contributed by atoms with Crippen LogP contribution in [0.3, 0.4) is 0 Å². The van der Waals surface area contributed by atoms with Gasteiger partial charge in [-0.3, -0.25) is 14.4 Å². The molecule has 0 atom stereocenters. The van der Waals surface area contributed by atoms with Gasteiger partial charge in [0.25, 0.3) is 11.8 Å². The molecular weight excluding hydrogens is 475 g/mol. The maximum absolute atomic E-state index is 14.5. The molecule has 0 radical (unpaired) electrons. The number of carboxylic acids is 1. The first-order valence-electron chi connectivity index (χ1n) is 11.9. The number of nitrogens with one attached hydrogen (secondary N) is 2. The van der Waals surface area contributed by atoms with E-state index < -0.39 is 17.7 Å². The summed E-state index contributed by atoms with van der Waals surface area (Å²) in [4.78, 5) is 35.7. The minimum atomic E-state index is -0.795. The van der Waals surface area contributed by atoms with Crippen molar-refractivity contribution in [3.05, 3.63) is 63.9 Å². The van der Waals surface area contributed by atoms with Crippen molar-refractivity contribution >= 4 is 29.4 Å². The predicted octanol–water partition coefficient (Wildman–Crippen LogP) is 4.54. The highest BCUT2D eigenvalue weighted by Crippen LogP contribution is 2.43. The summed E-state index contributed by atoms with van der Waals surface area (Å²) in [5.74, 6) is -1.96. The fourth-order valence-electron chi connectivity index (χ4n) is 4.32. The van der Waals surface area contributed by atoms with E-state index in [1.54, 1.807) is 12.1 Å². The van der Waals surface area contributed by atoms with Crippen LogP contribution in [0.5, 0.6) is 5.75 Å². The second-order valence-electron chi connectivity index (χ2n) is 9.09. The number of ether oxygens (including phenoxy) is 1. The molecule has 35 heavy (non-hydrogen) atoms. The predicted molar refractivity (Wildman–Crippen MR) is 129 cm³/mol. The second kappa shape index (κ2) is 11.1. The fourth-order valence-corrected chi connectivity index (χ4v) is 4.65. The lowest BCUT2D eigenvalue weighted by molar-refractivity contribution is -0.143. The van der Waals surface area contributed by atoms with Crippen molar-refractivity contribution in [1.82, 2.24) is 10.6 Å². The highest BCUT2D eigenvalue weighted by atomic mass is 35.5. The summed E-state index contributed by atoms with van der Waals surface area (Å²) < 4.78 is 20.3. The maximum atomic E-state index is 14.5. The molecule has 0 spiro atoms. The number of amides is 2. The minimum absolute atomic E-state index is 0.124. The quantitative estimate of drug-likeness (QED) is 0.437. The molecule has 186 valence electrons. The normalized spacial score (nSPS) is 19.6. The standard InChI is InChI=1S/C26H28ClFN2O5/c27-22-13-17(5-9-20(22)15-1-2-15)24(31)29-11-12-30-25(32)21-10-8-19(14-23(21)28)35-18-6-3-16(4-7-18)26(33)34/h5,8-10,13-16,18H,1-4,6-7,11-12H2,(H,29,31)(H,30,32)(H,33,34). The Hall–Kier alpha value is -3.13. The summed E-state index contributed by atoms with van der Waals surface area (Å²) in [6, 6.07) is 9.32. The third-order valence-corrected chi connectivity index (χ3v) is 6.81. The first-order valence-corrected chi connectivity index (χ1v) is 12.2. The van der Waals surface area contributed by atoms with Crippen molar-refractivity contribution in [2.75, 3.05) is 13.1 Å². The summed E-state index contributed by atoms with van der Waals surface area (Å²) >= 11 is 6.27. The van der Waals surface area contributed by atoms with Gasteiger partial charge in [0, 0.05) is 29.7 Å². The summed E-state index contributed by atoms with van der Waals surface area (Å²) in [6.45, 7) is 0.303. The van der Waals surface area contributed by atoms with Crippen LogP contribution in [0, 0.1) is 11.7 Å². The lowest BCUT2D eigenvalue weighted by Crippen LogP contribution is -2.35. The molecule has 3 N–H and O–H groups in total. The van der Waals surface area contributed by atoms with Crippen molar-refractivity contribution in [3.8, 4) is 5.75 Å². The van der Waals surface area contributed by atoms with E-state index in [1.807, 2.05) is 6.07 Å². The average molecular weight is 503 g/mol. The van der Waals surface area contributed by atoms with Crippen LogP contribution in [0.2, 0.25) is 5.02 Å². The number of carboxylic acid groups (broad SMARTS) is 1. The Morgan fingerprint density at radius 1 is 0.943 bits per heavy atom. The molecule has 0 heterocycles. The zero-order valence-electron chi connectivity index (χ0n) is 19.2. The van der Waals surface area contributed by atoms with Gasteiger partial charge in [-0.05, 0) is 74.3 Å². The molecule has 2 aliphatic carbocycles. The smallest absolute Gasteiger partial charge is 0.306 e. The van der Waals surface area contributed by atoms with Crippen molar-refractivity contribution in [1.29, 1.82) is 0 Å². The van der Waals surface area contributed by atoms with Gasteiger partial charge < -0.3 is 20.5 Å². The Kier molecular flexibility index (Phi) is 7.90. The Labute approximate surface area is 208 Å². The second-order valence-corrected chi connectivity index (χ2v) is 9.50. The van der Waals surface area contributed by atoms with E-state index in [0.29, 0.717) is 47.9 Å². The van der Waals surface area contributed by atoms with Gasteiger partial charge in [0.1, 0.15) is 11.6 Å². The van der Waals surface area contributed by atoms with Crippen LogP contribution in [0.1, 0.15) is 70.7 Å². The Morgan fingerprint density at radius 3 is 2.23 bits per heavy atom. The molecule has 7 nitrogen and oxygen atoms in total. The molecule has 2 aromatic carbocycles. The monoisotopic (exact) mass is 502 g/mol. The molecule has 2 saturated carbocycles. The van der Waals surface area contributed by atoms with E-state index in [0.717, 1.165) is 24.5 Å². The molecule has 2 fully saturated rings. The number of carbonyl (C=O) groups is 3. The summed E-state index contributed by atoms with van der Waals surface area (Å²) in [6.07, 6.45) is 4.30. The van der Waals surface area contributed by atoms with Crippen LogP contribution in [0.4, 0.5) is 4.39 Å². The number of aliphatic carboxylic acids is 1. The Bertz CT molecular complexity index is 1110. The largest absolute Gasteiger partial charge is 0.490 e. The molecule has 9 heteroatoms. The van der Waals surface area contributed by atoms with Gasteiger partial charge in [-0.25, -0.2) is 4.39 Å². The maximum Gasteiger partial charge on any atom is 0.306 e. The first-order chi connectivity index (χ1) is 16.8. The number of hydrogen-bond acceptors (Lipinski definition) is 4.